The molecule has 0 radical (unpaired) electrons. The van der Waals surface area contributed by atoms with Crippen LogP contribution >= 0.6 is 0 Å². The number of rotatable bonds is 2. The van der Waals surface area contributed by atoms with E-state index in [2.05, 4.69) is 0 Å². The highest BCUT2D eigenvalue weighted by Crippen LogP contribution is 1.96. The summed E-state index contributed by atoms with van der Waals surface area (Å²) in [6.45, 7) is 0. The molecule has 5 N–H and O–H groups in total. The van der Waals surface area contributed by atoms with Crippen molar-refractivity contribution in [1.29, 1.82) is 0 Å². The molecule has 1 rings (SSSR count). The molecule has 5 nitrogen and oxygen atoms in total. The normalized spacial score (nSPS) is 8.77. The molecule has 0 aliphatic heterocycles. The molecular weight excluding hydrogens is 175 g/mol. The van der Waals surface area contributed by atoms with Crippen LogP contribution in [0.25, 0.3) is 0 Å². The fourth-order valence-corrected chi connectivity index (χ4v) is 0.917. The number of hydrogen-bond acceptors (Lipinski definition) is 3. The zero-order chi connectivity index (χ0) is 9.14. The van der Waals surface area contributed by atoms with Crippen molar-refractivity contribution in [2.24, 2.45) is 0 Å². The second-order valence-electron chi connectivity index (χ2n) is 2.27. The van der Waals surface area contributed by atoms with E-state index in [1.165, 1.54) is 18.2 Å². The van der Waals surface area contributed by atoms with Crippen LogP contribution in [-0.4, -0.2) is 33.7 Å². The Labute approximate surface area is 74.7 Å². The molecule has 0 heterocycles. The number of hydrogen-bond donors (Lipinski definition) is 3. The summed E-state index contributed by atoms with van der Waals surface area (Å²) in [7, 11) is -1.74. The zero-order valence-electron chi connectivity index (χ0n) is 6.64. The molecule has 0 fully saturated rings. The van der Waals surface area contributed by atoms with Crippen molar-refractivity contribution in [2.75, 3.05) is 0 Å². The highest BCUT2D eigenvalue weighted by Gasteiger charge is 2.18. The molecule has 0 atom stereocenters. The molecule has 0 bridgehead atoms. The molecule has 0 aliphatic rings. The average molecular weight is 184 g/mol. The van der Waals surface area contributed by atoms with E-state index in [1.807, 2.05) is 0 Å². The Kier molecular flexibility index (Phi) is 4.13. The van der Waals surface area contributed by atoms with E-state index in [1.54, 1.807) is 6.07 Å². The van der Waals surface area contributed by atoms with Crippen LogP contribution in [-0.2, 0) is 0 Å². The first-order valence-corrected chi connectivity index (χ1v) is 3.31. The topological polar surface area (TPSA) is 109 Å². The van der Waals surface area contributed by atoms with Gasteiger partial charge in [0, 0.05) is 0 Å². The summed E-state index contributed by atoms with van der Waals surface area (Å²) in [5.74, 6) is -1.17. The van der Waals surface area contributed by atoms with Gasteiger partial charge in [0.2, 0.25) is 0 Å². The lowest BCUT2D eigenvalue weighted by Gasteiger charge is -2.02. The van der Waals surface area contributed by atoms with Crippen LogP contribution in [0.4, 0.5) is 0 Å². The van der Waals surface area contributed by atoms with Crippen LogP contribution in [0.1, 0.15) is 10.4 Å². The number of carbonyl (C=O) groups is 1. The fraction of sp³-hybridized carbons (Fsp3) is 0. The van der Waals surface area contributed by atoms with E-state index in [0.717, 1.165) is 0 Å². The highest BCUT2D eigenvalue weighted by molar-refractivity contribution is 6.60. The van der Waals surface area contributed by atoms with E-state index < -0.39 is 13.1 Å². The van der Waals surface area contributed by atoms with Crippen molar-refractivity contribution in [3.8, 4) is 0 Å². The molecule has 13 heavy (non-hydrogen) atoms. The van der Waals surface area contributed by atoms with Crippen LogP contribution in [0.5, 0.6) is 0 Å². The summed E-state index contributed by atoms with van der Waals surface area (Å²) in [4.78, 5) is 10.5. The molecule has 6 heteroatoms. The van der Waals surface area contributed by atoms with Gasteiger partial charge in [0.15, 0.2) is 0 Å². The highest BCUT2D eigenvalue weighted by atomic mass is 16.4. The largest absolute Gasteiger partial charge is 0.489 e. The fourth-order valence-electron chi connectivity index (χ4n) is 0.917. The summed E-state index contributed by atoms with van der Waals surface area (Å²) < 4.78 is 0. The third-order valence-corrected chi connectivity index (χ3v) is 1.47. The molecule has 0 aliphatic carbocycles. The first-order chi connectivity index (χ1) is 5.63. The van der Waals surface area contributed by atoms with Gasteiger partial charge in [0.1, 0.15) is 0 Å². The predicted octanol–water partition coefficient (Wildman–Crippen LogP) is -1.76. The number of benzene rings is 1. The van der Waals surface area contributed by atoms with E-state index >= 15 is 0 Å². The van der Waals surface area contributed by atoms with Crippen molar-refractivity contribution >= 4 is 18.6 Å². The molecule has 0 saturated carbocycles. The van der Waals surface area contributed by atoms with Crippen LogP contribution in [0.2, 0.25) is 0 Å². The van der Waals surface area contributed by atoms with Gasteiger partial charge in [-0.25, -0.2) is 4.79 Å². The van der Waals surface area contributed by atoms with Gasteiger partial charge in [0.25, 0.3) is 0 Å². The Morgan fingerprint density at radius 2 is 1.77 bits per heavy atom. The Hall–Kier alpha value is -1.37. The number of aromatic carboxylic acids is 1. The van der Waals surface area contributed by atoms with Gasteiger partial charge >= 0.3 is 13.1 Å². The monoisotopic (exact) mass is 184 g/mol. The Morgan fingerprint density at radius 3 is 2.15 bits per heavy atom. The quantitative estimate of drug-likeness (QED) is 0.473. The molecule has 70 valence electrons. The van der Waals surface area contributed by atoms with Crippen molar-refractivity contribution in [1.82, 2.24) is 0 Å². The lowest BCUT2D eigenvalue weighted by atomic mass is 9.77. The number of carboxylic acids is 1. The summed E-state index contributed by atoms with van der Waals surface area (Å²) in [5.41, 5.74) is -0.0856. The first-order valence-electron chi connectivity index (χ1n) is 3.31. The summed E-state index contributed by atoms with van der Waals surface area (Å²) in [5, 5.41) is 26.1. The smallest absolute Gasteiger partial charge is 0.478 e. The molecule has 1 aromatic rings. The molecule has 0 spiro atoms. The van der Waals surface area contributed by atoms with Crippen molar-refractivity contribution < 1.29 is 25.4 Å². The maximum atomic E-state index is 10.5. The van der Waals surface area contributed by atoms with Crippen LogP contribution in [0.15, 0.2) is 24.3 Å². The lowest BCUT2D eigenvalue weighted by molar-refractivity contribution is 0.0697. The first kappa shape index (κ1) is 11.6. The standard InChI is InChI=1S/C7H7BO4.H2O/c9-7(10)5-3-1-2-4-6(5)8(11)12;/h1-4,11-12H,(H,9,10);1H2. The van der Waals surface area contributed by atoms with Gasteiger partial charge in [-0.1, -0.05) is 18.2 Å². The van der Waals surface area contributed by atoms with Gasteiger partial charge in [-0.2, -0.15) is 0 Å². The minimum absolute atomic E-state index is 0. The third kappa shape index (κ3) is 2.55. The van der Waals surface area contributed by atoms with Crippen molar-refractivity contribution in [3.63, 3.8) is 0 Å². The molecule has 0 amide bonds. The Bertz CT molecular complexity index is 299. The van der Waals surface area contributed by atoms with Gasteiger partial charge in [0.05, 0.1) is 5.56 Å². The molecular formula is C7H9BO5. The molecule has 0 saturated heterocycles. The minimum Gasteiger partial charge on any atom is -0.478 e. The number of carboxylic acid groups (broad SMARTS) is 1. The van der Waals surface area contributed by atoms with Gasteiger partial charge in [-0.3, -0.25) is 0 Å². The summed E-state index contributed by atoms with van der Waals surface area (Å²) in [6, 6.07) is 5.74. The Morgan fingerprint density at radius 1 is 1.23 bits per heavy atom. The molecule has 1 aromatic carbocycles. The maximum Gasteiger partial charge on any atom is 0.489 e. The van der Waals surface area contributed by atoms with Gasteiger partial charge < -0.3 is 20.6 Å². The summed E-state index contributed by atoms with van der Waals surface area (Å²) in [6.07, 6.45) is 0. The van der Waals surface area contributed by atoms with Crippen LogP contribution < -0.4 is 5.46 Å². The van der Waals surface area contributed by atoms with E-state index in [-0.39, 0.29) is 16.5 Å². The molecule has 0 aromatic heterocycles. The lowest BCUT2D eigenvalue weighted by Crippen LogP contribution is -2.34. The second kappa shape index (κ2) is 4.61. The second-order valence-corrected chi connectivity index (χ2v) is 2.27. The van der Waals surface area contributed by atoms with Gasteiger partial charge in [-0.05, 0) is 11.5 Å². The van der Waals surface area contributed by atoms with E-state index in [9.17, 15) is 4.79 Å². The minimum atomic E-state index is -1.74. The van der Waals surface area contributed by atoms with E-state index in [0.29, 0.717) is 0 Å². The molecule has 0 unspecified atom stereocenters. The van der Waals surface area contributed by atoms with Crippen LogP contribution in [0.3, 0.4) is 0 Å². The van der Waals surface area contributed by atoms with Crippen molar-refractivity contribution in [2.45, 2.75) is 0 Å². The average Bonchev–Trinajstić information content (AvgIpc) is 2.04. The SMILES string of the molecule is O.O=C(O)c1ccccc1B(O)O. The Balaban J connectivity index is 0.00000144. The predicted molar refractivity (Wildman–Crippen MR) is 46.8 cm³/mol. The maximum absolute atomic E-state index is 10.5. The third-order valence-electron chi connectivity index (χ3n) is 1.47. The van der Waals surface area contributed by atoms with E-state index in [4.69, 9.17) is 15.2 Å². The van der Waals surface area contributed by atoms with Gasteiger partial charge in [-0.15, -0.1) is 0 Å². The zero-order valence-corrected chi connectivity index (χ0v) is 6.64. The van der Waals surface area contributed by atoms with Crippen LogP contribution in [0, 0.1) is 0 Å². The van der Waals surface area contributed by atoms with Crippen molar-refractivity contribution in [3.05, 3.63) is 29.8 Å². The summed E-state index contributed by atoms with van der Waals surface area (Å²) >= 11 is 0.